The second-order valence-corrected chi connectivity index (χ2v) is 5.14. The van der Waals surface area contributed by atoms with Gasteiger partial charge in [0.25, 0.3) is 0 Å². The molecular weight excluding hydrogens is 306 g/mol. The Hall–Kier alpha value is -1.95. The molecule has 0 radical (unpaired) electrons. The molecule has 0 amide bonds. The van der Waals surface area contributed by atoms with E-state index in [0.717, 1.165) is 28.6 Å². The van der Waals surface area contributed by atoms with Crippen LogP contribution < -0.4 is 5.73 Å². The normalized spacial score (nSPS) is 11.0. The van der Waals surface area contributed by atoms with Crippen molar-refractivity contribution in [2.24, 2.45) is 0 Å². The number of hydrogen-bond acceptors (Lipinski definition) is 4. The SMILES string of the molecule is Nc1nc2cc(Br)cnc2n1CCc1cccnc1. The highest BCUT2D eigenvalue weighted by molar-refractivity contribution is 9.10. The first-order valence-corrected chi connectivity index (χ1v) is 6.69. The van der Waals surface area contributed by atoms with Gasteiger partial charge in [0, 0.05) is 29.6 Å². The van der Waals surface area contributed by atoms with Crippen molar-refractivity contribution < 1.29 is 0 Å². The molecule has 0 aliphatic rings. The van der Waals surface area contributed by atoms with Crippen LogP contribution in [0.2, 0.25) is 0 Å². The maximum Gasteiger partial charge on any atom is 0.202 e. The summed E-state index contributed by atoms with van der Waals surface area (Å²) in [5.41, 5.74) is 8.73. The highest BCUT2D eigenvalue weighted by atomic mass is 79.9. The summed E-state index contributed by atoms with van der Waals surface area (Å²) in [7, 11) is 0. The number of hydrogen-bond donors (Lipinski definition) is 1. The monoisotopic (exact) mass is 317 g/mol. The van der Waals surface area contributed by atoms with Crippen molar-refractivity contribution in [2.75, 3.05) is 5.73 Å². The molecule has 3 aromatic rings. The van der Waals surface area contributed by atoms with Gasteiger partial charge in [0.15, 0.2) is 5.65 Å². The first kappa shape index (κ1) is 12.1. The molecule has 0 spiro atoms. The highest BCUT2D eigenvalue weighted by Gasteiger charge is 2.09. The lowest BCUT2D eigenvalue weighted by Crippen LogP contribution is -2.06. The molecular formula is C13H12BrN5. The molecule has 6 heteroatoms. The van der Waals surface area contributed by atoms with E-state index in [9.17, 15) is 0 Å². The molecule has 0 atom stereocenters. The molecule has 0 aliphatic carbocycles. The van der Waals surface area contributed by atoms with Gasteiger partial charge in [0.2, 0.25) is 5.95 Å². The number of nitrogen functional groups attached to an aromatic ring is 1. The van der Waals surface area contributed by atoms with Gasteiger partial charge < -0.3 is 5.73 Å². The number of halogens is 1. The molecule has 0 bridgehead atoms. The largest absolute Gasteiger partial charge is 0.369 e. The Bertz CT molecular complexity index is 708. The minimum Gasteiger partial charge on any atom is -0.369 e. The van der Waals surface area contributed by atoms with Gasteiger partial charge in [-0.05, 0) is 40.0 Å². The third-order valence-electron chi connectivity index (χ3n) is 2.93. The van der Waals surface area contributed by atoms with Crippen LogP contribution in [0.25, 0.3) is 11.2 Å². The zero-order chi connectivity index (χ0) is 13.2. The number of aromatic nitrogens is 4. The molecule has 0 saturated heterocycles. The molecule has 3 rings (SSSR count). The number of rotatable bonds is 3. The van der Waals surface area contributed by atoms with Crippen LogP contribution in [-0.2, 0) is 13.0 Å². The van der Waals surface area contributed by atoms with E-state index in [1.54, 1.807) is 12.4 Å². The second-order valence-electron chi connectivity index (χ2n) is 4.23. The van der Waals surface area contributed by atoms with Crippen LogP contribution in [0.1, 0.15) is 5.56 Å². The van der Waals surface area contributed by atoms with E-state index >= 15 is 0 Å². The van der Waals surface area contributed by atoms with Crippen LogP contribution in [0.3, 0.4) is 0 Å². The molecule has 96 valence electrons. The van der Waals surface area contributed by atoms with Crippen LogP contribution in [0.5, 0.6) is 0 Å². The van der Waals surface area contributed by atoms with Crippen LogP contribution >= 0.6 is 15.9 Å². The first-order chi connectivity index (χ1) is 9.24. The molecule has 2 N–H and O–H groups in total. The Balaban J connectivity index is 1.90. The minimum atomic E-state index is 0.490. The number of anilines is 1. The summed E-state index contributed by atoms with van der Waals surface area (Å²) in [5, 5.41) is 0. The Morgan fingerprint density at radius 3 is 3.00 bits per heavy atom. The third kappa shape index (κ3) is 2.44. The number of nitrogens with two attached hydrogens (primary N) is 1. The smallest absolute Gasteiger partial charge is 0.202 e. The second kappa shape index (κ2) is 4.97. The molecule has 3 aromatic heterocycles. The average Bonchev–Trinajstić information content (AvgIpc) is 2.72. The van der Waals surface area contributed by atoms with Crippen LogP contribution in [0.15, 0.2) is 41.3 Å². The van der Waals surface area contributed by atoms with E-state index in [2.05, 4.69) is 30.9 Å². The van der Waals surface area contributed by atoms with Gasteiger partial charge in [-0.2, -0.15) is 0 Å². The van der Waals surface area contributed by atoms with E-state index in [4.69, 9.17) is 5.73 Å². The molecule has 0 unspecified atom stereocenters. The zero-order valence-electron chi connectivity index (χ0n) is 10.1. The van der Waals surface area contributed by atoms with Gasteiger partial charge in [0.05, 0.1) is 0 Å². The molecule has 19 heavy (non-hydrogen) atoms. The Morgan fingerprint density at radius 1 is 1.32 bits per heavy atom. The quantitative estimate of drug-likeness (QED) is 0.805. The summed E-state index contributed by atoms with van der Waals surface area (Å²) >= 11 is 3.38. The standard InChI is InChI=1S/C13H12BrN5/c14-10-6-11-12(17-8-10)19(13(15)18-11)5-3-9-2-1-4-16-7-9/h1-2,4,6-8H,3,5H2,(H2,15,18). The molecule has 0 fully saturated rings. The number of fused-ring (bicyclic) bond motifs is 1. The van der Waals surface area contributed by atoms with Gasteiger partial charge >= 0.3 is 0 Å². The lowest BCUT2D eigenvalue weighted by molar-refractivity contribution is 0.718. The van der Waals surface area contributed by atoms with Gasteiger partial charge in [-0.15, -0.1) is 0 Å². The summed E-state index contributed by atoms with van der Waals surface area (Å²) in [6.07, 6.45) is 6.23. The van der Waals surface area contributed by atoms with Gasteiger partial charge in [-0.3, -0.25) is 9.55 Å². The van der Waals surface area contributed by atoms with Crippen molar-refractivity contribution in [3.63, 3.8) is 0 Å². The van der Waals surface area contributed by atoms with Crippen molar-refractivity contribution in [2.45, 2.75) is 13.0 Å². The Labute approximate surface area is 118 Å². The van der Waals surface area contributed by atoms with Crippen LogP contribution in [0, 0.1) is 0 Å². The summed E-state index contributed by atoms with van der Waals surface area (Å²) in [5.74, 6) is 0.490. The van der Waals surface area contributed by atoms with Crippen LogP contribution in [0.4, 0.5) is 5.95 Å². The summed E-state index contributed by atoms with van der Waals surface area (Å²) in [4.78, 5) is 12.8. The van der Waals surface area contributed by atoms with Gasteiger partial charge in [-0.25, -0.2) is 9.97 Å². The van der Waals surface area contributed by atoms with Gasteiger partial charge in [0.1, 0.15) is 5.52 Å². The van der Waals surface area contributed by atoms with Crippen LogP contribution in [-0.4, -0.2) is 19.5 Å². The fraction of sp³-hybridized carbons (Fsp3) is 0.154. The van der Waals surface area contributed by atoms with Gasteiger partial charge in [-0.1, -0.05) is 6.07 Å². The highest BCUT2D eigenvalue weighted by Crippen LogP contribution is 2.19. The summed E-state index contributed by atoms with van der Waals surface area (Å²) in [6.45, 7) is 0.739. The van der Waals surface area contributed by atoms with Crippen molar-refractivity contribution >= 4 is 33.0 Å². The average molecular weight is 318 g/mol. The van der Waals surface area contributed by atoms with Crippen molar-refractivity contribution in [1.29, 1.82) is 0 Å². The summed E-state index contributed by atoms with van der Waals surface area (Å²) < 4.78 is 2.83. The lowest BCUT2D eigenvalue weighted by Gasteiger charge is -2.05. The minimum absolute atomic E-state index is 0.490. The van der Waals surface area contributed by atoms with E-state index in [1.807, 2.05) is 29.0 Å². The number of aryl methyl sites for hydroxylation is 2. The van der Waals surface area contributed by atoms with Crippen molar-refractivity contribution in [3.8, 4) is 0 Å². The van der Waals surface area contributed by atoms with E-state index in [1.165, 1.54) is 5.56 Å². The zero-order valence-corrected chi connectivity index (χ0v) is 11.7. The fourth-order valence-electron chi connectivity index (χ4n) is 2.01. The number of nitrogens with zero attached hydrogens (tertiary/aromatic N) is 4. The molecule has 3 heterocycles. The fourth-order valence-corrected chi connectivity index (χ4v) is 2.33. The van der Waals surface area contributed by atoms with Crippen molar-refractivity contribution in [3.05, 3.63) is 46.8 Å². The molecule has 5 nitrogen and oxygen atoms in total. The van der Waals surface area contributed by atoms with E-state index in [-0.39, 0.29) is 0 Å². The predicted molar refractivity (Wildman–Crippen MR) is 77.6 cm³/mol. The molecule has 0 saturated carbocycles. The number of pyridine rings is 2. The van der Waals surface area contributed by atoms with E-state index < -0.39 is 0 Å². The third-order valence-corrected chi connectivity index (χ3v) is 3.36. The summed E-state index contributed by atoms with van der Waals surface area (Å²) in [6, 6.07) is 5.89. The maximum atomic E-state index is 5.95. The van der Waals surface area contributed by atoms with E-state index in [0.29, 0.717) is 5.95 Å². The number of imidazole rings is 1. The Kier molecular flexibility index (Phi) is 3.16. The first-order valence-electron chi connectivity index (χ1n) is 5.90. The van der Waals surface area contributed by atoms with Crippen molar-refractivity contribution in [1.82, 2.24) is 19.5 Å². The topological polar surface area (TPSA) is 69.6 Å². The maximum absolute atomic E-state index is 5.95. The predicted octanol–water partition coefficient (Wildman–Crippen LogP) is 2.41. The molecule has 0 aliphatic heterocycles. The molecule has 0 aromatic carbocycles. The Morgan fingerprint density at radius 2 is 2.21 bits per heavy atom. The lowest BCUT2D eigenvalue weighted by atomic mass is 10.2.